The summed E-state index contributed by atoms with van der Waals surface area (Å²) < 4.78 is 28.1. The molecule has 20 heavy (non-hydrogen) atoms. The fourth-order valence-corrected chi connectivity index (χ4v) is 4.12. The Bertz CT molecular complexity index is 558. The van der Waals surface area contributed by atoms with E-state index >= 15 is 0 Å². The smallest absolute Gasteiger partial charge is 0.262 e. The Kier molecular flexibility index (Phi) is 3.80. The van der Waals surface area contributed by atoms with Crippen molar-refractivity contribution in [2.75, 3.05) is 39.3 Å². The second kappa shape index (κ2) is 5.44. The van der Waals surface area contributed by atoms with Gasteiger partial charge in [-0.2, -0.15) is 4.31 Å². The Morgan fingerprint density at radius 1 is 1.35 bits per heavy atom. The Morgan fingerprint density at radius 2 is 2.05 bits per heavy atom. The van der Waals surface area contributed by atoms with Gasteiger partial charge >= 0.3 is 0 Å². The Balaban J connectivity index is 1.63. The molecule has 8 heteroatoms. The van der Waals surface area contributed by atoms with Crippen LogP contribution in [0.15, 0.2) is 17.6 Å². The highest BCUT2D eigenvalue weighted by molar-refractivity contribution is 7.89. The average molecular weight is 299 g/mol. The van der Waals surface area contributed by atoms with Crippen LogP contribution in [0.2, 0.25) is 0 Å². The van der Waals surface area contributed by atoms with Gasteiger partial charge in [-0.15, -0.1) is 0 Å². The van der Waals surface area contributed by atoms with Crippen molar-refractivity contribution in [3.63, 3.8) is 0 Å². The summed E-state index contributed by atoms with van der Waals surface area (Å²) >= 11 is 0. The van der Waals surface area contributed by atoms with E-state index in [1.165, 1.54) is 4.31 Å². The molecule has 1 aromatic heterocycles. The maximum atomic E-state index is 12.4. The van der Waals surface area contributed by atoms with Gasteiger partial charge < -0.3 is 9.88 Å². The van der Waals surface area contributed by atoms with Crippen molar-refractivity contribution in [2.45, 2.75) is 24.5 Å². The third kappa shape index (κ3) is 2.48. The maximum absolute atomic E-state index is 12.4. The number of hydrogen-bond donors (Lipinski definition) is 1. The molecule has 2 saturated heterocycles. The Hall–Kier alpha value is -0.960. The molecule has 1 aromatic rings. The zero-order valence-corrected chi connectivity index (χ0v) is 12.5. The molecule has 0 radical (unpaired) electrons. The fourth-order valence-electron chi connectivity index (χ4n) is 2.67. The number of aryl methyl sites for hydroxylation is 1. The fraction of sp³-hybridized carbons (Fsp3) is 0.750. The molecule has 0 saturated carbocycles. The molecule has 0 aliphatic carbocycles. The lowest BCUT2D eigenvalue weighted by Gasteiger charge is -2.45. The van der Waals surface area contributed by atoms with Crippen molar-refractivity contribution in [3.05, 3.63) is 12.5 Å². The lowest BCUT2D eigenvalue weighted by atomic mass is 10.1. The maximum Gasteiger partial charge on any atom is 0.262 e. The third-order valence-corrected chi connectivity index (χ3v) is 5.79. The zero-order valence-electron chi connectivity index (χ0n) is 11.7. The molecule has 0 spiro atoms. The van der Waals surface area contributed by atoms with Crippen molar-refractivity contribution in [1.82, 2.24) is 24.1 Å². The van der Waals surface area contributed by atoms with E-state index in [2.05, 4.69) is 15.2 Å². The molecule has 2 aliphatic rings. The predicted octanol–water partition coefficient (Wildman–Crippen LogP) is -0.819. The topological polar surface area (TPSA) is 70.5 Å². The minimum Gasteiger partial charge on any atom is -0.336 e. The summed E-state index contributed by atoms with van der Waals surface area (Å²) in [5.41, 5.74) is 0. The van der Waals surface area contributed by atoms with Crippen LogP contribution in [0.3, 0.4) is 0 Å². The SMILES string of the molecule is CCn1cnc(S(=O)(=O)N2CC(N3CCNCC3)C2)c1. The first-order valence-electron chi connectivity index (χ1n) is 7.08. The number of rotatable bonds is 4. The molecule has 0 amide bonds. The molecule has 2 fully saturated rings. The molecule has 0 atom stereocenters. The van der Waals surface area contributed by atoms with Gasteiger partial charge in [-0.25, -0.2) is 13.4 Å². The van der Waals surface area contributed by atoms with Crippen molar-refractivity contribution in [2.24, 2.45) is 0 Å². The molecule has 3 rings (SSSR count). The van der Waals surface area contributed by atoms with Crippen LogP contribution in [0.5, 0.6) is 0 Å². The van der Waals surface area contributed by atoms with Crippen LogP contribution in [0.4, 0.5) is 0 Å². The number of piperazine rings is 1. The number of aromatic nitrogens is 2. The average Bonchev–Trinajstić information content (AvgIpc) is 2.87. The van der Waals surface area contributed by atoms with Crippen LogP contribution in [0.25, 0.3) is 0 Å². The summed E-state index contributed by atoms with van der Waals surface area (Å²) in [7, 11) is -3.40. The van der Waals surface area contributed by atoms with Crippen LogP contribution >= 0.6 is 0 Å². The van der Waals surface area contributed by atoms with Gasteiger partial charge in [0.15, 0.2) is 5.03 Å². The summed E-state index contributed by atoms with van der Waals surface area (Å²) in [5.74, 6) is 0. The van der Waals surface area contributed by atoms with Crippen LogP contribution in [-0.2, 0) is 16.6 Å². The number of nitrogens with one attached hydrogen (secondary N) is 1. The third-order valence-electron chi connectivity index (χ3n) is 4.08. The lowest BCUT2D eigenvalue weighted by molar-refractivity contribution is 0.0772. The second-order valence-electron chi connectivity index (χ2n) is 5.30. The number of hydrogen-bond acceptors (Lipinski definition) is 5. The molecular formula is C12H21N5O2S. The van der Waals surface area contributed by atoms with E-state index in [0.717, 1.165) is 32.7 Å². The van der Waals surface area contributed by atoms with E-state index in [1.807, 2.05) is 6.92 Å². The zero-order chi connectivity index (χ0) is 14.2. The van der Waals surface area contributed by atoms with Gasteiger partial charge in [0, 0.05) is 58.1 Å². The van der Waals surface area contributed by atoms with E-state index < -0.39 is 10.0 Å². The molecule has 112 valence electrons. The summed E-state index contributed by atoms with van der Waals surface area (Å²) in [4.78, 5) is 6.38. The molecule has 3 heterocycles. The van der Waals surface area contributed by atoms with E-state index in [9.17, 15) is 8.42 Å². The van der Waals surface area contributed by atoms with Gasteiger partial charge in [0.2, 0.25) is 0 Å². The van der Waals surface area contributed by atoms with Gasteiger partial charge in [-0.05, 0) is 6.92 Å². The van der Waals surface area contributed by atoms with Crippen LogP contribution < -0.4 is 5.32 Å². The molecule has 0 aromatic carbocycles. The standard InChI is InChI=1S/C12H21N5O2S/c1-2-15-9-12(14-10-15)20(18,19)17-7-11(8-17)16-5-3-13-4-6-16/h9-11,13H,2-8H2,1H3. The van der Waals surface area contributed by atoms with Crippen LogP contribution in [0.1, 0.15) is 6.92 Å². The van der Waals surface area contributed by atoms with Gasteiger partial charge in [0.1, 0.15) is 0 Å². The van der Waals surface area contributed by atoms with Gasteiger partial charge in [0.05, 0.1) is 6.33 Å². The van der Waals surface area contributed by atoms with Gasteiger partial charge in [-0.1, -0.05) is 0 Å². The first-order valence-corrected chi connectivity index (χ1v) is 8.52. The summed E-state index contributed by atoms with van der Waals surface area (Å²) in [5, 5.41) is 3.47. The highest BCUT2D eigenvalue weighted by Crippen LogP contribution is 2.23. The van der Waals surface area contributed by atoms with Gasteiger partial charge in [-0.3, -0.25) is 4.90 Å². The molecule has 0 unspecified atom stereocenters. The molecular weight excluding hydrogens is 278 g/mol. The normalized spacial score (nSPS) is 22.9. The minimum atomic E-state index is -3.40. The quantitative estimate of drug-likeness (QED) is 0.787. The first-order chi connectivity index (χ1) is 9.61. The van der Waals surface area contributed by atoms with Crippen LogP contribution in [-0.4, -0.2) is 72.5 Å². The van der Waals surface area contributed by atoms with E-state index in [1.54, 1.807) is 17.1 Å². The molecule has 7 nitrogen and oxygen atoms in total. The molecule has 1 N–H and O–H groups in total. The monoisotopic (exact) mass is 299 g/mol. The van der Waals surface area contributed by atoms with Crippen LogP contribution in [0, 0.1) is 0 Å². The lowest BCUT2D eigenvalue weighted by Crippen LogP contribution is -2.63. The number of sulfonamides is 1. The highest BCUT2D eigenvalue weighted by Gasteiger charge is 2.40. The Labute approximate surface area is 119 Å². The minimum absolute atomic E-state index is 0.165. The second-order valence-corrected chi connectivity index (χ2v) is 7.19. The van der Waals surface area contributed by atoms with E-state index in [0.29, 0.717) is 19.1 Å². The Morgan fingerprint density at radius 3 is 2.65 bits per heavy atom. The predicted molar refractivity (Wildman–Crippen MR) is 74.9 cm³/mol. The van der Waals surface area contributed by atoms with Crippen molar-refractivity contribution in [1.29, 1.82) is 0 Å². The summed E-state index contributed by atoms with van der Waals surface area (Å²) in [6, 6.07) is 0.361. The summed E-state index contributed by atoms with van der Waals surface area (Å²) in [6.07, 6.45) is 3.17. The van der Waals surface area contributed by atoms with Crippen molar-refractivity contribution < 1.29 is 8.42 Å². The number of imidazole rings is 1. The first kappa shape index (κ1) is 14.0. The molecule has 0 bridgehead atoms. The summed E-state index contributed by atoms with van der Waals surface area (Å²) in [6.45, 7) is 7.84. The molecule has 2 aliphatic heterocycles. The van der Waals surface area contributed by atoms with Crippen molar-refractivity contribution in [3.8, 4) is 0 Å². The largest absolute Gasteiger partial charge is 0.336 e. The van der Waals surface area contributed by atoms with Gasteiger partial charge in [0.25, 0.3) is 10.0 Å². The highest BCUT2D eigenvalue weighted by atomic mass is 32.2. The van der Waals surface area contributed by atoms with E-state index in [4.69, 9.17) is 0 Å². The van der Waals surface area contributed by atoms with E-state index in [-0.39, 0.29) is 5.03 Å². The number of nitrogens with zero attached hydrogens (tertiary/aromatic N) is 4. The van der Waals surface area contributed by atoms with Crippen molar-refractivity contribution >= 4 is 10.0 Å².